The molecule has 0 aliphatic heterocycles. The van der Waals surface area contributed by atoms with Crippen molar-refractivity contribution in [1.82, 2.24) is 24.5 Å². The largest absolute Gasteiger partial charge is 0.497 e. The van der Waals surface area contributed by atoms with Crippen molar-refractivity contribution in [2.24, 2.45) is 7.05 Å². The van der Waals surface area contributed by atoms with E-state index in [4.69, 9.17) is 12.2 Å². The number of benzene rings is 2. The molecule has 0 aliphatic rings. The summed E-state index contributed by atoms with van der Waals surface area (Å²) >= 11 is 0. The zero-order valence-electron chi connectivity index (χ0n) is 19.5. The SMILES string of the molecule is [2H]C([2H])Oc1ccc(-c2c(=O)n(-c3ccc4nn(C)cc4c3)nc3ccc(OCC)nc23)cc1. The molecule has 0 saturated carbocycles. The van der Waals surface area contributed by atoms with Crippen LogP contribution in [0.15, 0.2) is 65.6 Å². The Labute approximate surface area is 186 Å². The molecule has 5 rings (SSSR count). The first-order valence-corrected chi connectivity index (χ1v) is 10.0. The molecule has 8 heteroatoms. The third-order valence-corrected chi connectivity index (χ3v) is 5.12. The van der Waals surface area contributed by atoms with Crippen LogP contribution in [0.3, 0.4) is 0 Å². The van der Waals surface area contributed by atoms with Gasteiger partial charge in [-0.25, -0.2) is 4.98 Å². The van der Waals surface area contributed by atoms with E-state index in [0.29, 0.717) is 46.1 Å². The Morgan fingerprint density at radius 1 is 1.03 bits per heavy atom. The minimum Gasteiger partial charge on any atom is -0.497 e. The lowest BCUT2D eigenvalue weighted by Crippen LogP contribution is -2.23. The molecular formula is C24H21N5O3. The number of hydrogen-bond donors (Lipinski definition) is 0. The third kappa shape index (κ3) is 3.35. The molecule has 3 heterocycles. The Morgan fingerprint density at radius 3 is 2.62 bits per heavy atom. The molecule has 0 radical (unpaired) electrons. The number of pyridine rings is 1. The topological polar surface area (TPSA) is 84.1 Å². The molecule has 5 aromatic rings. The van der Waals surface area contributed by atoms with Gasteiger partial charge < -0.3 is 9.47 Å². The lowest BCUT2D eigenvalue weighted by atomic mass is 10.1. The van der Waals surface area contributed by atoms with Crippen molar-refractivity contribution in [2.75, 3.05) is 13.7 Å². The molecule has 0 atom stereocenters. The van der Waals surface area contributed by atoms with Crippen molar-refractivity contribution in [1.29, 1.82) is 0 Å². The normalized spacial score (nSPS) is 12.2. The second-order valence-corrected chi connectivity index (χ2v) is 7.23. The highest BCUT2D eigenvalue weighted by molar-refractivity contribution is 5.91. The van der Waals surface area contributed by atoms with Gasteiger partial charge in [0.25, 0.3) is 5.56 Å². The maximum atomic E-state index is 13.8. The summed E-state index contributed by atoms with van der Waals surface area (Å²) in [7, 11) is 0.402. The molecule has 0 unspecified atom stereocenters. The number of methoxy groups -OCH3 is 1. The van der Waals surface area contributed by atoms with Crippen LogP contribution in [0.25, 0.3) is 38.8 Å². The minimum absolute atomic E-state index is 0.343. The van der Waals surface area contributed by atoms with Gasteiger partial charge in [0, 0.05) is 24.7 Å². The van der Waals surface area contributed by atoms with E-state index in [9.17, 15) is 4.79 Å². The first-order valence-electron chi connectivity index (χ1n) is 11.2. The van der Waals surface area contributed by atoms with Crippen molar-refractivity contribution in [3.8, 4) is 28.4 Å². The average molecular weight is 429 g/mol. The number of aryl methyl sites for hydroxylation is 1. The third-order valence-electron chi connectivity index (χ3n) is 5.12. The maximum absolute atomic E-state index is 13.8. The molecule has 0 N–H and O–H groups in total. The fourth-order valence-electron chi connectivity index (χ4n) is 3.69. The zero-order valence-corrected chi connectivity index (χ0v) is 17.5. The highest BCUT2D eigenvalue weighted by Crippen LogP contribution is 2.27. The molecule has 3 aromatic heterocycles. The average Bonchev–Trinajstić information content (AvgIpc) is 3.18. The Balaban J connectivity index is 1.74. The summed E-state index contributed by atoms with van der Waals surface area (Å²) in [5.41, 5.74) is 3.00. The van der Waals surface area contributed by atoms with E-state index in [2.05, 4.69) is 15.2 Å². The number of aromatic nitrogens is 5. The number of rotatable bonds is 5. The van der Waals surface area contributed by atoms with Crippen LogP contribution >= 0.6 is 0 Å². The van der Waals surface area contributed by atoms with E-state index in [1.54, 1.807) is 47.1 Å². The highest BCUT2D eigenvalue weighted by atomic mass is 16.5. The van der Waals surface area contributed by atoms with Crippen molar-refractivity contribution in [2.45, 2.75) is 6.92 Å². The predicted octanol–water partition coefficient (Wildman–Crippen LogP) is 3.74. The van der Waals surface area contributed by atoms with E-state index >= 15 is 0 Å². The summed E-state index contributed by atoms with van der Waals surface area (Å²) in [4.78, 5) is 18.3. The molecule has 160 valence electrons. The summed E-state index contributed by atoms with van der Waals surface area (Å²) < 4.78 is 28.3. The maximum Gasteiger partial charge on any atom is 0.281 e. The van der Waals surface area contributed by atoms with Crippen LogP contribution in [0, 0.1) is 0 Å². The first-order chi connectivity index (χ1) is 16.4. The van der Waals surface area contributed by atoms with E-state index in [1.807, 2.05) is 32.3 Å². The van der Waals surface area contributed by atoms with Crippen molar-refractivity contribution in [3.05, 3.63) is 71.1 Å². The van der Waals surface area contributed by atoms with Crippen LogP contribution in [-0.2, 0) is 7.05 Å². The van der Waals surface area contributed by atoms with Gasteiger partial charge >= 0.3 is 0 Å². The Kier molecular flexibility index (Phi) is 4.26. The lowest BCUT2D eigenvalue weighted by molar-refractivity contribution is 0.328. The monoisotopic (exact) mass is 429 g/mol. The van der Waals surface area contributed by atoms with Crippen molar-refractivity contribution < 1.29 is 12.2 Å². The zero-order chi connectivity index (χ0) is 23.8. The second-order valence-electron chi connectivity index (χ2n) is 7.23. The van der Waals surface area contributed by atoms with Gasteiger partial charge in [0.15, 0.2) is 0 Å². The van der Waals surface area contributed by atoms with Gasteiger partial charge in [0.1, 0.15) is 16.8 Å². The second kappa shape index (κ2) is 7.81. The fourth-order valence-corrected chi connectivity index (χ4v) is 3.69. The van der Waals surface area contributed by atoms with Gasteiger partial charge in [0.2, 0.25) is 5.88 Å². The van der Waals surface area contributed by atoms with Gasteiger partial charge in [-0.05, 0) is 48.9 Å². The highest BCUT2D eigenvalue weighted by Gasteiger charge is 2.17. The van der Waals surface area contributed by atoms with Crippen LogP contribution in [0.4, 0.5) is 0 Å². The predicted molar refractivity (Wildman–Crippen MR) is 123 cm³/mol. The summed E-state index contributed by atoms with van der Waals surface area (Å²) in [5.74, 6) is 0.764. The van der Waals surface area contributed by atoms with Crippen molar-refractivity contribution >= 4 is 21.9 Å². The van der Waals surface area contributed by atoms with Crippen LogP contribution in [0.2, 0.25) is 0 Å². The number of nitrogens with zero attached hydrogens (tertiary/aromatic N) is 5. The molecular weight excluding hydrogens is 406 g/mol. The first kappa shape index (κ1) is 17.5. The molecule has 0 spiro atoms. The van der Waals surface area contributed by atoms with E-state index in [1.165, 1.54) is 4.68 Å². The van der Waals surface area contributed by atoms with Crippen LogP contribution < -0.4 is 15.0 Å². The van der Waals surface area contributed by atoms with Crippen LogP contribution in [0.5, 0.6) is 11.6 Å². The van der Waals surface area contributed by atoms with E-state index < -0.39 is 7.06 Å². The fraction of sp³-hybridized carbons (Fsp3) is 0.167. The molecule has 2 aromatic carbocycles. The van der Waals surface area contributed by atoms with E-state index in [0.717, 1.165) is 10.9 Å². The molecule has 0 amide bonds. The van der Waals surface area contributed by atoms with Gasteiger partial charge in [-0.1, -0.05) is 12.1 Å². The molecule has 0 saturated heterocycles. The standard InChI is InChI=1S/C24H21N5O3/c1-4-32-21-12-11-20-23(25-21)22(15-5-8-18(31-3)9-6-15)24(30)29(27-20)17-7-10-19-16(13-17)14-28(2)26-19/h5-14H,4H2,1-3H3/i3D2. The number of fused-ring (bicyclic) bond motifs is 2. The summed E-state index contributed by atoms with van der Waals surface area (Å²) in [5, 5.41) is 9.87. The summed E-state index contributed by atoms with van der Waals surface area (Å²) in [6.45, 7) is 2.30. The van der Waals surface area contributed by atoms with Crippen molar-refractivity contribution in [3.63, 3.8) is 0 Å². The quantitative estimate of drug-likeness (QED) is 0.423. The van der Waals surface area contributed by atoms with E-state index in [-0.39, 0.29) is 5.56 Å². The van der Waals surface area contributed by atoms with Gasteiger partial charge in [-0.3, -0.25) is 9.48 Å². The Hall–Kier alpha value is -4.20. The van der Waals surface area contributed by atoms with Gasteiger partial charge in [-0.15, -0.1) is 0 Å². The molecule has 0 fully saturated rings. The Morgan fingerprint density at radius 2 is 1.84 bits per heavy atom. The lowest BCUT2D eigenvalue weighted by Gasteiger charge is -2.12. The van der Waals surface area contributed by atoms with Crippen LogP contribution in [-0.4, -0.2) is 38.2 Å². The molecule has 8 nitrogen and oxygen atoms in total. The molecule has 0 aliphatic carbocycles. The number of hydrogen-bond acceptors (Lipinski definition) is 6. The number of ether oxygens (including phenoxy) is 2. The molecule has 32 heavy (non-hydrogen) atoms. The smallest absolute Gasteiger partial charge is 0.281 e. The molecule has 0 bridgehead atoms. The van der Waals surface area contributed by atoms with Gasteiger partial charge in [-0.2, -0.15) is 14.9 Å². The minimum atomic E-state index is -1.44. The van der Waals surface area contributed by atoms with Crippen LogP contribution in [0.1, 0.15) is 9.67 Å². The summed E-state index contributed by atoms with van der Waals surface area (Å²) in [6.07, 6.45) is 1.88. The van der Waals surface area contributed by atoms with Gasteiger partial charge in [0.05, 0.1) is 33.2 Å². The Bertz CT molecular complexity index is 1560. The summed E-state index contributed by atoms with van der Waals surface area (Å²) in [6, 6.07) is 15.7.